The quantitative estimate of drug-likeness (QED) is 0.303. The van der Waals surface area contributed by atoms with Crippen LogP contribution in [0.5, 0.6) is 11.5 Å². The first-order valence-electron chi connectivity index (χ1n) is 14.0. The molecule has 0 amide bonds. The van der Waals surface area contributed by atoms with E-state index in [4.69, 9.17) is 23.7 Å². The van der Waals surface area contributed by atoms with Gasteiger partial charge in [0.2, 0.25) is 0 Å². The van der Waals surface area contributed by atoms with Gasteiger partial charge in [-0.15, -0.1) is 0 Å². The van der Waals surface area contributed by atoms with Crippen molar-refractivity contribution in [2.75, 3.05) is 6.61 Å². The van der Waals surface area contributed by atoms with Crippen molar-refractivity contribution in [3.8, 4) is 11.5 Å². The zero-order valence-corrected chi connectivity index (χ0v) is 23.2. The zero-order valence-electron chi connectivity index (χ0n) is 23.2. The van der Waals surface area contributed by atoms with E-state index in [1.807, 2.05) is 0 Å². The molecule has 4 heterocycles. The van der Waals surface area contributed by atoms with Crippen LogP contribution in [-0.2, 0) is 34.1 Å². The summed E-state index contributed by atoms with van der Waals surface area (Å²) in [5.41, 5.74) is -2.96. The summed E-state index contributed by atoms with van der Waals surface area (Å²) in [6, 6.07) is 0. The highest BCUT2D eigenvalue weighted by molar-refractivity contribution is 6.30. The molecule has 0 bridgehead atoms. The number of fused-ring (bicyclic) bond motifs is 4. The Morgan fingerprint density at radius 1 is 0.951 bits per heavy atom. The van der Waals surface area contributed by atoms with Crippen LogP contribution in [-0.4, -0.2) is 87.5 Å². The van der Waals surface area contributed by atoms with Crippen LogP contribution in [0.1, 0.15) is 91.3 Å². The summed E-state index contributed by atoms with van der Waals surface area (Å²) < 4.78 is 28.8. The Balaban J connectivity index is 1.40. The highest BCUT2D eigenvalue weighted by Crippen LogP contribution is 2.55. The van der Waals surface area contributed by atoms with Crippen LogP contribution in [0.25, 0.3) is 0 Å². The lowest BCUT2D eigenvalue weighted by Crippen LogP contribution is -2.46. The number of carbonyl (C=O) groups excluding carboxylic acids is 3. The third-order valence-electron chi connectivity index (χ3n) is 9.03. The maximum absolute atomic E-state index is 14.0. The summed E-state index contributed by atoms with van der Waals surface area (Å²) in [6.45, 7) is 6.41. The maximum Gasteiger partial charge on any atom is 0.309 e. The molecule has 0 radical (unpaired) electrons. The molecule has 1 aliphatic carbocycles. The van der Waals surface area contributed by atoms with E-state index in [1.165, 1.54) is 6.92 Å². The Labute approximate surface area is 235 Å². The monoisotopic (exact) mass is 574 g/mol. The Bertz CT molecular complexity index is 1360. The minimum absolute atomic E-state index is 0.0217. The summed E-state index contributed by atoms with van der Waals surface area (Å²) in [4.78, 5) is 39.9. The lowest BCUT2D eigenvalue weighted by Gasteiger charge is -2.43. The van der Waals surface area contributed by atoms with E-state index in [-0.39, 0.29) is 41.7 Å². The van der Waals surface area contributed by atoms with Crippen molar-refractivity contribution in [3.63, 3.8) is 0 Å². The molecule has 0 saturated carbocycles. The normalized spacial score (nSPS) is 38.2. The summed E-state index contributed by atoms with van der Waals surface area (Å²) in [6.07, 6.45) is -4.99. The van der Waals surface area contributed by atoms with Crippen molar-refractivity contribution in [3.05, 3.63) is 33.4 Å². The lowest BCUT2D eigenvalue weighted by atomic mass is 9.72. The summed E-state index contributed by atoms with van der Waals surface area (Å²) in [5, 5.41) is 44.5. The smallest absolute Gasteiger partial charge is 0.309 e. The molecule has 12 heteroatoms. The standard InChI is InChI=1S/C29H34O12/c1-10-13(30)5-6-17(39-10)37-8-7-14-19-23(29(4,36)12(3)40-14)27(35)21-20(25(19)33)26(34)22-18(24(21)32)11(2)38-15-9-16(31)41-28(15)22/h10-15,17,28,30,33,35-36H,5-9H2,1-4H3. The van der Waals surface area contributed by atoms with Gasteiger partial charge in [0, 0.05) is 29.5 Å². The number of ether oxygens (including phenoxy) is 5. The SMILES string of the molecule is CC1OC2CC(=O)OC2C2=C1C(=O)c1c(O)c3c(c(O)c1C2=O)C(CCOC1CCC(O)C(C)O1)OC(C)C3(C)O. The highest BCUT2D eigenvalue weighted by Gasteiger charge is 2.55. The van der Waals surface area contributed by atoms with Crippen molar-refractivity contribution in [2.24, 2.45) is 0 Å². The number of esters is 1. The molecular weight excluding hydrogens is 540 g/mol. The first-order chi connectivity index (χ1) is 19.3. The van der Waals surface area contributed by atoms with Crippen molar-refractivity contribution in [2.45, 2.75) is 108 Å². The molecule has 5 aliphatic rings. The summed E-state index contributed by atoms with van der Waals surface area (Å²) >= 11 is 0. The molecule has 9 atom stereocenters. The van der Waals surface area contributed by atoms with Gasteiger partial charge in [0.25, 0.3) is 0 Å². The van der Waals surface area contributed by atoms with Gasteiger partial charge in [-0.05, 0) is 34.1 Å². The number of aliphatic hydroxyl groups is 2. The van der Waals surface area contributed by atoms with Crippen molar-refractivity contribution in [1.29, 1.82) is 0 Å². The largest absolute Gasteiger partial charge is 0.507 e. The molecule has 2 fully saturated rings. The number of hydrogen-bond donors (Lipinski definition) is 4. The number of phenolic OH excluding ortho intramolecular Hbond substituents is 2. The molecule has 1 aromatic carbocycles. The Hall–Kier alpha value is -2.87. The molecule has 12 nitrogen and oxygen atoms in total. The third kappa shape index (κ3) is 4.23. The van der Waals surface area contributed by atoms with Crippen LogP contribution in [0.2, 0.25) is 0 Å². The molecule has 9 unspecified atom stereocenters. The van der Waals surface area contributed by atoms with Gasteiger partial charge in [0.05, 0.1) is 60.2 Å². The number of phenols is 2. The van der Waals surface area contributed by atoms with Gasteiger partial charge >= 0.3 is 5.97 Å². The van der Waals surface area contributed by atoms with Gasteiger partial charge in [-0.3, -0.25) is 14.4 Å². The number of carbonyl (C=O) groups is 3. The Kier molecular flexibility index (Phi) is 6.79. The molecule has 41 heavy (non-hydrogen) atoms. The zero-order chi connectivity index (χ0) is 29.5. The van der Waals surface area contributed by atoms with Crippen LogP contribution < -0.4 is 0 Å². The molecule has 222 valence electrons. The van der Waals surface area contributed by atoms with Crippen molar-refractivity contribution >= 4 is 17.5 Å². The number of rotatable bonds is 4. The van der Waals surface area contributed by atoms with E-state index < -0.39 is 94.8 Å². The van der Waals surface area contributed by atoms with E-state index >= 15 is 0 Å². The minimum Gasteiger partial charge on any atom is -0.507 e. The number of aromatic hydroxyl groups is 2. The second kappa shape index (κ2) is 9.85. The number of ketones is 2. The van der Waals surface area contributed by atoms with Crippen LogP contribution in [0.15, 0.2) is 11.1 Å². The third-order valence-corrected chi connectivity index (χ3v) is 9.03. The fourth-order valence-corrected chi connectivity index (χ4v) is 6.67. The van der Waals surface area contributed by atoms with Gasteiger partial charge in [0.15, 0.2) is 24.0 Å². The van der Waals surface area contributed by atoms with Crippen LogP contribution >= 0.6 is 0 Å². The molecule has 4 N–H and O–H groups in total. The number of Topliss-reactive ketones (excluding diaryl/α,β-unsaturated/α-hetero) is 2. The highest BCUT2D eigenvalue weighted by atomic mass is 16.7. The summed E-state index contributed by atoms with van der Waals surface area (Å²) in [7, 11) is 0. The van der Waals surface area contributed by atoms with Gasteiger partial charge < -0.3 is 44.1 Å². The van der Waals surface area contributed by atoms with E-state index in [0.29, 0.717) is 12.8 Å². The van der Waals surface area contributed by atoms with Crippen LogP contribution in [0.4, 0.5) is 0 Å². The lowest BCUT2D eigenvalue weighted by molar-refractivity contribution is -0.221. The van der Waals surface area contributed by atoms with Crippen LogP contribution in [0.3, 0.4) is 0 Å². The predicted octanol–water partition coefficient (Wildman–Crippen LogP) is 1.84. The van der Waals surface area contributed by atoms with Gasteiger partial charge in [0.1, 0.15) is 23.2 Å². The van der Waals surface area contributed by atoms with Crippen LogP contribution in [0, 0.1) is 0 Å². The summed E-state index contributed by atoms with van der Waals surface area (Å²) in [5.74, 6) is -3.31. The van der Waals surface area contributed by atoms with Gasteiger partial charge in [-0.25, -0.2) is 0 Å². The number of hydrogen-bond acceptors (Lipinski definition) is 12. The average Bonchev–Trinajstić information content (AvgIpc) is 3.27. The van der Waals surface area contributed by atoms with E-state index in [9.17, 15) is 34.8 Å². The van der Waals surface area contributed by atoms with Gasteiger partial charge in [-0.2, -0.15) is 0 Å². The molecule has 0 spiro atoms. The first-order valence-corrected chi connectivity index (χ1v) is 14.0. The number of aliphatic hydroxyl groups excluding tert-OH is 1. The van der Waals surface area contributed by atoms with E-state index in [2.05, 4.69) is 0 Å². The molecule has 6 rings (SSSR count). The molecule has 1 aromatic rings. The Morgan fingerprint density at radius 2 is 1.63 bits per heavy atom. The molecule has 0 aromatic heterocycles. The van der Waals surface area contributed by atoms with Crippen molar-refractivity contribution in [1.82, 2.24) is 0 Å². The Morgan fingerprint density at radius 3 is 2.34 bits per heavy atom. The van der Waals surface area contributed by atoms with Gasteiger partial charge in [-0.1, -0.05) is 0 Å². The van der Waals surface area contributed by atoms with E-state index in [0.717, 1.165) is 0 Å². The fourth-order valence-electron chi connectivity index (χ4n) is 6.67. The molecule has 4 aliphatic heterocycles. The van der Waals surface area contributed by atoms with Crippen molar-refractivity contribution < 1.29 is 58.5 Å². The second-order valence-corrected chi connectivity index (χ2v) is 11.6. The maximum atomic E-state index is 14.0. The van der Waals surface area contributed by atoms with E-state index in [1.54, 1.807) is 20.8 Å². The molecule has 2 saturated heterocycles. The minimum atomic E-state index is -1.83. The topological polar surface area (TPSA) is 178 Å². The number of benzene rings is 1. The first kappa shape index (κ1) is 28.3. The molecular formula is C29H34O12. The predicted molar refractivity (Wildman–Crippen MR) is 137 cm³/mol. The fraction of sp³-hybridized carbons (Fsp3) is 0.621. The second-order valence-electron chi connectivity index (χ2n) is 11.6. The average molecular weight is 575 g/mol.